The number of hydrogen-bond acceptors (Lipinski definition) is 5. The first-order chi connectivity index (χ1) is 14.4. The largest absolute Gasteiger partial charge is 0.382 e. The summed E-state index contributed by atoms with van der Waals surface area (Å²) >= 11 is 6.21. The Morgan fingerprint density at radius 1 is 1.23 bits per heavy atom. The predicted molar refractivity (Wildman–Crippen MR) is 112 cm³/mol. The Labute approximate surface area is 174 Å². The van der Waals surface area contributed by atoms with Gasteiger partial charge in [0, 0.05) is 35.8 Å². The first kappa shape index (κ1) is 19.6. The van der Waals surface area contributed by atoms with Crippen molar-refractivity contribution in [3.05, 3.63) is 91.7 Å². The van der Waals surface area contributed by atoms with E-state index in [4.69, 9.17) is 11.6 Å². The lowest BCUT2D eigenvalue weighted by Crippen LogP contribution is -2.23. The second-order valence-electron chi connectivity index (χ2n) is 6.54. The van der Waals surface area contributed by atoms with E-state index in [0.29, 0.717) is 24.3 Å². The van der Waals surface area contributed by atoms with Gasteiger partial charge in [-0.3, -0.25) is 14.9 Å². The summed E-state index contributed by atoms with van der Waals surface area (Å²) < 4.78 is 14.4. The molecule has 0 aliphatic rings. The van der Waals surface area contributed by atoms with Crippen LogP contribution in [0.3, 0.4) is 0 Å². The van der Waals surface area contributed by atoms with Crippen molar-refractivity contribution in [3.63, 3.8) is 0 Å². The molecule has 0 amide bonds. The maximum atomic E-state index is 13.3. The van der Waals surface area contributed by atoms with Gasteiger partial charge in [0.15, 0.2) is 0 Å². The van der Waals surface area contributed by atoms with Crippen LogP contribution in [-0.2, 0) is 6.42 Å². The number of non-ortho nitro benzene ring substituents is 1. The van der Waals surface area contributed by atoms with Crippen LogP contribution in [-0.4, -0.2) is 26.2 Å². The van der Waals surface area contributed by atoms with E-state index in [2.05, 4.69) is 15.4 Å². The molecular weight excluding hydrogens is 413 g/mol. The van der Waals surface area contributed by atoms with Crippen LogP contribution in [0.4, 0.5) is 15.8 Å². The molecule has 0 atom stereocenters. The molecule has 4 rings (SSSR count). The third kappa shape index (κ3) is 3.74. The Morgan fingerprint density at radius 2 is 2.00 bits per heavy atom. The van der Waals surface area contributed by atoms with Crippen molar-refractivity contribution in [2.45, 2.75) is 6.42 Å². The molecule has 152 valence electrons. The van der Waals surface area contributed by atoms with Gasteiger partial charge in [0.2, 0.25) is 0 Å². The second kappa shape index (κ2) is 7.96. The molecule has 0 saturated carbocycles. The standard InChI is InChI=1S/C20H15ClFN5O3/c21-19-18(23-8-7-12-10-24-17-9-13(22)1-6-16(12)17)11-25-26(20(19)28)14-2-4-15(5-3-14)27(29)30/h1-6,9-11,23-24H,7-8H2. The minimum Gasteiger partial charge on any atom is -0.382 e. The van der Waals surface area contributed by atoms with Crippen LogP contribution in [0.2, 0.25) is 5.02 Å². The average Bonchev–Trinajstić information content (AvgIpc) is 3.13. The van der Waals surface area contributed by atoms with E-state index in [9.17, 15) is 19.3 Å². The lowest BCUT2D eigenvalue weighted by atomic mass is 10.1. The fourth-order valence-corrected chi connectivity index (χ4v) is 3.35. The van der Waals surface area contributed by atoms with Gasteiger partial charge in [-0.05, 0) is 42.3 Å². The number of benzene rings is 2. The van der Waals surface area contributed by atoms with Gasteiger partial charge in [-0.15, -0.1) is 0 Å². The number of nitrogens with zero attached hydrogens (tertiary/aromatic N) is 3. The maximum Gasteiger partial charge on any atom is 0.292 e. The normalized spacial score (nSPS) is 11.0. The summed E-state index contributed by atoms with van der Waals surface area (Å²) in [5.74, 6) is -0.305. The topological polar surface area (TPSA) is 106 Å². The van der Waals surface area contributed by atoms with Gasteiger partial charge in [0.25, 0.3) is 11.2 Å². The summed E-state index contributed by atoms with van der Waals surface area (Å²) in [4.78, 5) is 25.8. The highest BCUT2D eigenvalue weighted by Gasteiger charge is 2.12. The highest BCUT2D eigenvalue weighted by atomic mass is 35.5. The number of aromatic nitrogens is 3. The Bertz CT molecular complexity index is 1300. The molecule has 2 aromatic heterocycles. The van der Waals surface area contributed by atoms with E-state index < -0.39 is 10.5 Å². The number of fused-ring (bicyclic) bond motifs is 1. The van der Waals surface area contributed by atoms with E-state index in [1.807, 2.05) is 6.20 Å². The third-order valence-corrected chi connectivity index (χ3v) is 5.03. The van der Waals surface area contributed by atoms with Crippen molar-refractivity contribution >= 4 is 33.9 Å². The zero-order valence-electron chi connectivity index (χ0n) is 15.4. The van der Waals surface area contributed by atoms with Gasteiger partial charge in [0.1, 0.15) is 10.8 Å². The molecule has 0 bridgehead atoms. The Kier molecular flexibility index (Phi) is 5.20. The zero-order valence-corrected chi connectivity index (χ0v) is 16.2. The summed E-state index contributed by atoms with van der Waals surface area (Å²) in [7, 11) is 0. The number of rotatable bonds is 6. The minimum absolute atomic E-state index is 0.0376. The molecule has 0 unspecified atom stereocenters. The fourth-order valence-electron chi connectivity index (χ4n) is 3.15. The first-order valence-corrected chi connectivity index (χ1v) is 9.34. The molecule has 2 aromatic carbocycles. The summed E-state index contributed by atoms with van der Waals surface area (Å²) in [6.45, 7) is 0.479. The molecule has 4 aromatic rings. The maximum absolute atomic E-state index is 13.3. The lowest BCUT2D eigenvalue weighted by molar-refractivity contribution is -0.384. The van der Waals surface area contributed by atoms with Crippen molar-refractivity contribution in [1.82, 2.24) is 14.8 Å². The van der Waals surface area contributed by atoms with Crippen LogP contribution in [0.25, 0.3) is 16.6 Å². The number of anilines is 1. The van der Waals surface area contributed by atoms with Gasteiger partial charge in [-0.1, -0.05) is 11.6 Å². The Hall–Kier alpha value is -3.72. The number of H-pyrrole nitrogens is 1. The van der Waals surface area contributed by atoms with Crippen molar-refractivity contribution in [2.24, 2.45) is 0 Å². The predicted octanol–water partition coefficient (Wildman–Crippen LogP) is 4.07. The molecule has 0 aliphatic carbocycles. The molecule has 0 spiro atoms. The SMILES string of the molecule is O=c1c(Cl)c(NCCc2c[nH]c3cc(F)ccc23)cnn1-c1ccc([N+](=O)[O-])cc1. The Morgan fingerprint density at radius 3 is 2.73 bits per heavy atom. The van der Waals surface area contributed by atoms with E-state index in [-0.39, 0.29) is 16.5 Å². The summed E-state index contributed by atoms with van der Waals surface area (Å²) in [6.07, 6.45) is 3.86. The van der Waals surface area contributed by atoms with Crippen LogP contribution in [0.5, 0.6) is 0 Å². The Balaban J connectivity index is 1.49. The van der Waals surface area contributed by atoms with Crippen molar-refractivity contribution in [3.8, 4) is 5.69 Å². The molecule has 2 N–H and O–H groups in total. The number of hydrogen-bond donors (Lipinski definition) is 2. The van der Waals surface area contributed by atoms with E-state index in [1.54, 1.807) is 6.07 Å². The number of nitrogens with one attached hydrogen (secondary N) is 2. The highest BCUT2D eigenvalue weighted by molar-refractivity contribution is 6.32. The van der Waals surface area contributed by atoms with E-state index in [1.165, 1.54) is 42.6 Å². The zero-order chi connectivity index (χ0) is 21.3. The van der Waals surface area contributed by atoms with Crippen LogP contribution in [0.15, 0.2) is 59.7 Å². The summed E-state index contributed by atoms with van der Waals surface area (Å²) in [5.41, 5.74) is 1.83. The molecule has 0 aliphatic heterocycles. The quantitative estimate of drug-likeness (QED) is 0.356. The average molecular weight is 428 g/mol. The third-order valence-electron chi connectivity index (χ3n) is 4.66. The molecule has 2 heterocycles. The number of nitro benzene ring substituents is 1. The van der Waals surface area contributed by atoms with Crippen LogP contribution < -0.4 is 10.9 Å². The number of nitro groups is 1. The van der Waals surface area contributed by atoms with Gasteiger partial charge in [-0.25, -0.2) is 4.39 Å². The van der Waals surface area contributed by atoms with Crippen molar-refractivity contribution in [2.75, 3.05) is 11.9 Å². The summed E-state index contributed by atoms with van der Waals surface area (Å²) in [5, 5.41) is 18.8. The molecular formula is C20H15ClFN5O3. The summed E-state index contributed by atoms with van der Waals surface area (Å²) in [6, 6.07) is 9.99. The molecule has 0 saturated heterocycles. The van der Waals surface area contributed by atoms with Gasteiger partial charge in [0.05, 0.1) is 22.5 Å². The molecule has 0 fully saturated rings. The van der Waals surface area contributed by atoms with E-state index in [0.717, 1.165) is 21.1 Å². The molecule has 30 heavy (non-hydrogen) atoms. The minimum atomic E-state index is -0.543. The monoisotopic (exact) mass is 427 g/mol. The smallest absolute Gasteiger partial charge is 0.292 e. The molecule has 8 nitrogen and oxygen atoms in total. The van der Waals surface area contributed by atoms with Gasteiger partial charge < -0.3 is 10.3 Å². The van der Waals surface area contributed by atoms with E-state index >= 15 is 0 Å². The van der Waals surface area contributed by atoms with Gasteiger partial charge in [-0.2, -0.15) is 9.78 Å². The van der Waals surface area contributed by atoms with Crippen LogP contribution in [0.1, 0.15) is 5.56 Å². The van der Waals surface area contributed by atoms with Crippen LogP contribution >= 0.6 is 11.6 Å². The fraction of sp³-hybridized carbons (Fsp3) is 0.100. The highest BCUT2D eigenvalue weighted by Crippen LogP contribution is 2.21. The number of halogens is 2. The lowest BCUT2D eigenvalue weighted by Gasteiger charge is -2.10. The van der Waals surface area contributed by atoms with Gasteiger partial charge >= 0.3 is 0 Å². The van der Waals surface area contributed by atoms with Crippen molar-refractivity contribution < 1.29 is 9.31 Å². The van der Waals surface area contributed by atoms with Crippen LogP contribution in [0, 0.1) is 15.9 Å². The second-order valence-corrected chi connectivity index (χ2v) is 6.92. The van der Waals surface area contributed by atoms with Crippen molar-refractivity contribution in [1.29, 1.82) is 0 Å². The molecule has 10 heteroatoms. The number of aromatic amines is 1. The molecule has 0 radical (unpaired) electrons. The first-order valence-electron chi connectivity index (χ1n) is 8.96.